The minimum Gasteiger partial charge on any atom is -0.262 e. The fourth-order valence-electron chi connectivity index (χ4n) is 1.07. The summed E-state index contributed by atoms with van der Waals surface area (Å²) in [6, 6.07) is 12.4. The number of halogens is 1. The van der Waals surface area contributed by atoms with Crippen LogP contribution in [0.5, 0.6) is 0 Å². The highest BCUT2D eigenvalue weighted by Gasteiger charge is 1.97. The van der Waals surface area contributed by atoms with Crippen molar-refractivity contribution in [2.45, 2.75) is 9.79 Å². The molecule has 1 aromatic heterocycles. The van der Waals surface area contributed by atoms with Gasteiger partial charge in [0.1, 0.15) is 0 Å². The Morgan fingerprint density at radius 3 is 2.50 bits per heavy atom. The number of nitrogens with zero attached hydrogens (tertiary/aromatic N) is 1. The molecule has 2 rings (SSSR count). The molecular weight excluding hydrogens is 305 g/mol. The van der Waals surface area contributed by atoms with Gasteiger partial charge in [-0.05, 0) is 40.8 Å². The Morgan fingerprint density at radius 2 is 1.79 bits per heavy atom. The molecule has 0 saturated heterocycles. The zero-order valence-corrected chi connectivity index (χ0v) is 10.3. The summed E-state index contributed by atoms with van der Waals surface area (Å²) in [6.45, 7) is 0. The van der Waals surface area contributed by atoms with E-state index < -0.39 is 0 Å². The molecule has 1 heterocycles. The average molecular weight is 313 g/mol. The molecule has 0 aliphatic rings. The van der Waals surface area contributed by atoms with Crippen LogP contribution in [0, 0.1) is 3.57 Å². The summed E-state index contributed by atoms with van der Waals surface area (Å²) in [7, 11) is 0. The van der Waals surface area contributed by atoms with Crippen LogP contribution in [0.15, 0.2) is 58.6 Å². The second kappa shape index (κ2) is 4.79. The van der Waals surface area contributed by atoms with Gasteiger partial charge in [0.2, 0.25) is 0 Å². The largest absolute Gasteiger partial charge is 0.262 e. The molecule has 2 aromatic rings. The summed E-state index contributed by atoms with van der Waals surface area (Å²) in [5.41, 5.74) is 0. The highest BCUT2D eigenvalue weighted by Crippen LogP contribution is 2.27. The van der Waals surface area contributed by atoms with Crippen LogP contribution in [-0.4, -0.2) is 4.98 Å². The van der Waals surface area contributed by atoms with Crippen molar-refractivity contribution in [2.75, 3.05) is 0 Å². The van der Waals surface area contributed by atoms with Gasteiger partial charge in [-0.15, -0.1) is 0 Å². The van der Waals surface area contributed by atoms with E-state index in [1.54, 1.807) is 11.8 Å². The monoisotopic (exact) mass is 313 g/mol. The predicted molar refractivity (Wildman–Crippen MR) is 67.5 cm³/mol. The number of pyridine rings is 1. The maximum Gasteiger partial charge on any atom is 0.0408 e. The van der Waals surface area contributed by atoms with Gasteiger partial charge >= 0.3 is 0 Å². The molecule has 0 unspecified atom stereocenters. The summed E-state index contributed by atoms with van der Waals surface area (Å²) in [5.74, 6) is 0. The quantitative estimate of drug-likeness (QED) is 0.782. The summed E-state index contributed by atoms with van der Waals surface area (Å²) in [4.78, 5) is 6.58. The number of benzene rings is 1. The summed E-state index contributed by atoms with van der Waals surface area (Å²) >= 11 is 4.01. The van der Waals surface area contributed by atoms with Crippen LogP contribution in [0.25, 0.3) is 0 Å². The Morgan fingerprint density at radius 1 is 1.00 bits per heavy atom. The van der Waals surface area contributed by atoms with Crippen molar-refractivity contribution in [1.82, 2.24) is 4.98 Å². The lowest BCUT2D eigenvalue weighted by atomic mass is 10.4. The van der Waals surface area contributed by atoms with E-state index in [-0.39, 0.29) is 0 Å². The fraction of sp³-hybridized carbons (Fsp3) is 0. The molecule has 0 bridgehead atoms. The maximum absolute atomic E-state index is 4.15. The van der Waals surface area contributed by atoms with E-state index in [0.717, 1.165) is 0 Å². The molecule has 0 radical (unpaired) electrons. The predicted octanol–water partition coefficient (Wildman–Crippen LogP) is 3.84. The zero-order chi connectivity index (χ0) is 9.80. The maximum atomic E-state index is 4.15. The first kappa shape index (κ1) is 9.98. The number of rotatable bonds is 2. The van der Waals surface area contributed by atoms with Crippen molar-refractivity contribution in [3.05, 3.63) is 52.4 Å². The zero-order valence-electron chi connectivity index (χ0n) is 7.35. The number of hydrogen-bond donors (Lipinski definition) is 0. The third kappa shape index (κ3) is 2.72. The first-order valence-electron chi connectivity index (χ1n) is 4.18. The smallest absolute Gasteiger partial charge is 0.0408 e. The van der Waals surface area contributed by atoms with Crippen LogP contribution < -0.4 is 0 Å². The first-order chi connectivity index (χ1) is 6.84. The van der Waals surface area contributed by atoms with Crippen molar-refractivity contribution in [2.24, 2.45) is 0 Å². The van der Waals surface area contributed by atoms with Gasteiger partial charge in [-0.1, -0.05) is 30.0 Å². The molecule has 0 atom stereocenters. The first-order valence-corrected chi connectivity index (χ1v) is 6.07. The number of aromatic nitrogens is 1. The van der Waals surface area contributed by atoms with Crippen LogP contribution >= 0.6 is 34.4 Å². The van der Waals surface area contributed by atoms with E-state index in [1.807, 2.05) is 30.6 Å². The minimum atomic E-state index is 1.17. The average Bonchev–Trinajstić information content (AvgIpc) is 2.19. The lowest BCUT2D eigenvalue weighted by molar-refractivity contribution is 1.21. The molecule has 0 aliphatic carbocycles. The molecule has 0 N–H and O–H groups in total. The van der Waals surface area contributed by atoms with Crippen molar-refractivity contribution in [3.63, 3.8) is 0 Å². The molecule has 0 saturated carbocycles. The number of hydrogen-bond acceptors (Lipinski definition) is 2. The Hall–Kier alpha value is -0.550. The topological polar surface area (TPSA) is 12.9 Å². The highest BCUT2D eigenvalue weighted by molar-refractivity contribution is 14.1. The van der Waals surface area contributed by atoms with Gasteiger partial charge in [-0.3, -0.25) is 4.98 Å². The molecule has 0 aliphatic heterocycles. The van der Waals surface area contributed by atoms with Gasteiger partial charge in [0, 0.05) is 25.8 Å². The third-order valence-corrected chi connectivity index (χ3v) is 3.22. The van der Waals surface area contributed by atoms with Crippen LogP contribution in [0.1, 0.15) is 0 Å². The van der Waals surface area contributed by atoms with Crippen LogP contribution in [0.3, 0.4) is 0 Å². The lowest BCUT2D eigenvalue weighted by Gasteiger charge is -2.00. The summed E-state index contributed by atoms with van der Waals surface area (Å²) in [6.07, 6.45) is 3.75. The van der Waals surface area contributed by atoms with Crippen molar-refractivity contribution in [3.8, 4) is 0 Å². The second-order valence-corrected chi connectivity index (χ2v) is 5.15. The van der Waals surface area contributed by atoms with Crippen molar-refractivity contribution in [1.29, 1.82) is 0 Å². The Labute approximate surface area is 101 Å². The van der Waals surface area contributed by atoms with Gasteiger partial charge in [-0.2, -0.15) is 0 Å². The molecule has 3 heteroatoms. The minimum absolute atomic E-state index is 1.17. The molecule has 0 amide bonds. The second-order valence-electron chi connectivity index (χ2n) is 2.75. The van der Waals surface area contributed by atoms with E-state index in [4.69, 9.17) is 0 Å². The van der Waals surface area contributed by atoms with Gasteiger partial charge < -0.3 is 0 Å². The van der Waals surface area contributed by atoms with Gasteiger partial charge in [0.25, 0.3) is 0 Å². The molecule has 1 aromatic carbocycles. The summed E-state index contributed by atoms with van der Waals surface area (Å²) < 4.78 is 1.17. The third-order valence-electron chi connectivity index (χ3n) is 1.66. The SMILES string of the molecule is Ic1cncc(Sc2ccccc2)c1. The van der Waals surface area contributed by atoms with Gasteiger partial charge in [0.05, 0.1) is 0 Å². The van der Waals surface area contributed by atoms with E-state index in [0.29, 0.717) is 0 Å². The molecular formula is C11H8INS. The van der Waals surface area contributed by atoms with E-state index in [9.17, 15) is 0 Å². The van der Waals surface area contributed by atoms with Crippen LogP contribution in [0.2, 0.25) is 0 Å². The Kier molecular flexibility index (Phi) is 3.42. The molecule has 70 valence electrons. The van der Waals surface area contributed by atoms with Crippen LogP contribution in [-0.2, 0) is 0 Å². The molecule has 14 heavy (non-hydrogen) atoms. The van der Waals surface area contributed by atoms with Crippen molar-refractivity contribution >= 4 is 34.4 Å². The van der Waals surface area contributed by atoms with E-state index >= 15 is 0 Å². The lowest BCUT2D eigenvalue weighted by Crippen LogP contribution is -1.78. The molecule has 1 nitrogen and oxygen atoms in total. The van der Waals surface area contributed by atoms with Crippen LogP contribution in [0.4, 0.5) is 0 Å². The van der Waals surface area contributed by atoms with E-state index in [1.165, 1.54) is 13.4 Å². The standard InChI is InChI=1S/C11H8INS/c12-9-6-11(8-13-7-9)14-10-4-2-1-3-5-10/h1-8H. The molecule has 0 spiro atoms. The summed E-state index contributed by atoms with van der Waals surface area (Å²) in [5, 5.41) is 0. The van der Waals surface area contributed by atoms with E-state index in [2.05, 4.69) is 45.8 Å². The normalized spacial score (nSPS) is 10.1. The van der Waals surface area contributed by atoms with Gasteiger partial charge in [0.15, 0.2) is 0 Å². The van der Waals surface area contributed by atoms with Gasteiger partial charge in [-0.25, -0.2) is 0 Å². The molecule has 0 fully saturated rings. The van der Waals surface area contributed by atoms with Crippen molar-refractivity contribution < 1.29 is 0 Å². The fourth-order valence-corrected chi connectivity index (χ4v) is 2.65. The highest BCUT2D eigenvalue weighted by atomic mass is 127. The Balaban J connectivity index is 2.19. The Bertz CT molecular complexity index is 417.